The van der Waals surface area contributed by atoms with E-state index in [0.717, 1.165) is 23.1 Å². The molecule has 0 amide bonds. The highest BCUT2D eigenvalue weighted by atomic mass is 32.1. The Labute approximate surface area is 132 Å². The van der Waals surface area contributed by atoms with Crippen LogP contribution in [0, 0.1) is 5.82 Å². The van der Waals surface area contributed by atoms with Gasteiger partial charge in [-0.1, -0.05) is 12.1 Å². The number of aromatic nitrogens is 1. The maximum absolute atomic E-state index is 13.9. The summed E-state index contributed by atoms with van der Waals surface area (Å²) < 4.78 is 20.1. The lowest BCUT2D eigenvalue weighted by atomic mass is 10.1. The molecule has 114 valence electrons. The molecule has 3 nitrogen and oxygen atoms in total. The van der Waals surface area contributed by atoms with Crippen LogP contribution < -0.4 is 10.1 Å². The molecule has 3 rings (SSSR count). The molecule has 22 heavy (non-hydrogen) atoms. The zero-order valence-corrected chi connectivity index (χ0v) is 13.1. The molecule has 0 aliphatic carbocycles. The molecular formula is C17H17FN2OS. The molecule has 1 N–H and O–H groups in total. The quantitative estimate of drug-likeness (QED) is 0.741. The molecule has 1 aromatic carbocycles. The van der Waals surface area contributed by atoms with E-state index in [4.69, 9.17) is 4.74 Å². The van der Waals surface area contributed by atoms with E-state index < -0.39 is 0 Å². The Morgan fingerprint density at radius 1 is 1.32 bits per heavy atom. The Morgan fingerprint density at radius 2 is 2.23 bits per heavy atom. The minimum Gasteiger partial charge on any atom is -0.484 e. The Bertz CT molecular complexity index is 754. The van der Waals surface area contributed by atoms with Gasteiger partial charge in [-0.05, 0) is 42.6 Å². The monoisotopic (exact) mass is 316 g/mol. The van der Waals surface area contributed by atoms with Crippen LogP contribution in [0.3, 0.4) is 0 Å². The number of thiophene rings is 1. The maximum atomic E-state index is 13.9. The molecule has 0 fully saturated rings. The van der Waals surface area contributed by atoms with Gasteiger partial charge in [0, 0.05) is 24.2 Å². The highest BCUT2D eigenvalue weighted by Gasteiger charge is 2.19. The Balaban J connectivity index is 1.93. The van der Waals surface area contributed by atoms with Crippen molar-refractivity contribution in [2.75, 3.05) is 13.6 Å². The van der Waals surface area contributed by atoms with E-state index >= 15 is 0 Å². The molecule has 2 aromatic heterocycles. The summed E-state index contributed by atoms with van der Waals surface area (Å²) in [5.41, 5.74) is 0. The number of benzene rings is 1. The van der Waals surface area contributed by atoms with Gasteiger partial charge in [0.15, 0.2) is 0 Å². The second kappa shape index (κ2) is 6.85. The zero-order valence-electron chi connectivity index (χ0n) is 12.3. The number of nitrogens with one attached hydrogen (secondary N) is 1. The third-order valence-electron chi connectivity index (χ3n) is 3.51. The fourth-order valence-electron chi connectivity index (χ4n) is 2.40. The number of rotatable bonds is 6. The predicted molar refractivity (Wildman–Crippen MR) is 87.9 cm³/mol. The lowest BCUT2D eigenvalue weighted by molar-refractivity contribution is 0.197. The first-order chi connectivity index (χ1) is 10.8. The number of pyridine rings is 1. The number of halogens is 1. The van der Waals surface area contributed by atoms with E-state index in [2.05, 4.69) is 10.3 Å². The molecular weight excluding hydrogens is 299 g/mol. The van der Waals surface area contributed by atoms with E-state index in [-0.39, 0.29) is 11.9 Å². The molecule has 2 heterocycles. The van der Waals surface area contributed by atoms with Crippen LogP contribution in [-0.2, 0) is 0 Å². The van der Waals surface area contributed by atoms with Crippen molar-refractivity contribution in [3.63, 3.8) is 0 Å². The highest BCUT2D eigenvalue weighted by molar-refractivity contribution is 7.10. The van der Waals surface area contributed by atoms with Crippen molar-refractivity contribution in [1.82, 2.24) is 10.3 Å². The second-order valence-corrected chi connectivity index (χ2v) is 5.93. The molecule has 0 aliphatic heterocycles. The summed E-state index contributed by atoms with van der Waals surface area (Å²) in [6, 6.07) is 9.29. The average Bonchev–Trinajstić information content (AvgIpc) is 2.97. The summed E-state index contributed by atoms with van der Waals surface area (Å²) in [4.78, 5) is 4.79. The fraction of sp³-hybridized carbons (Fsp3) is 0.235. The van der Waals surface area contributed by atoms with Gasteiger partial charge in [0.05, 0.1) is 4.88 Å². The average molecular weight is 316 g/mol. The Morgan fingerprint density at radius 3 is 3.00 bits per heavy atom. The third-order valence-corrected chi connectivity index (χ3v) is 4.49. The van der Waals surface area contributed by atoms with Gasteiger partial charge in [0.25, 0.3) is 0 Å². The van der Waals surface area contributed by atoms with E-state index in [0.29, 0.717) is 11.3 Å². The van der Waals surface area contributed by atoms with Crippen LogP contribution in [-0.4, -0.2) is 18.6 Å². The summed E-state index contributed by atoms with van der Waals surface area (Å²) in [6.07, 6.45) is 3.93. The summed E-state index contributed by atoms with van der Waals surface area (Å²) in [5.74, 6) is 0.531. The van der Waals surface area contributed by atoms with Crippen LogP contribution in [0.25, 0.3) is 10.8 Å². The Kier molecular flexibility index (Phi) is 4.65. The zero-order chi connectivity index (χ0) is 15.4. The molecule has 0 bridgehead atoms. The second-order valence-electron chi connectivity index (χ2n) is 4.98. The minimum atomic E-state index is -0.307. The summed E-state index contributed by atoms with van der Waals surface area (Å²) in [7, 11) is 1.88. The van der Waals surface area contributed by atoms with E-state index in [1.165, 1.54) is 17.4 Å². The lowest BCUT2D eigenvalue weighted by Crippen LogP contribution is -2.16. The summed E-state index contributed by atoms with van der Waals surface area (Å²) in [6.45, 7) is 0.755. The molecule has 1 atom stereocenters. The molecule has 0 radical (unpaired) electrons. The smallest absolute Gasteiger partial charge is 0.140 e. The lowest BCUT2D eigenvalue weighted by Gasteiger charge is -2.19. The van der Waals surface area contributed by atoms with Crippen molar-refractivity contribution in [2.45, 2.75) is 12.5 Å². The van der Waals surface area contributed by atoms with Gasteiger partial charge in [-0.15, -0.1) is 11.3 Å². The van der Waals surface area contributed by atoms with Gasteiger partial charge in [0.1, 0.15) is 17.7 Å². The Hall–Kier alpha value is -1.98. The molecule has 5 heteroatoms. The van der Waals surface area contributed by atoms with Crippen LogP contribution in [0.2, 0.25) is 0 Å². The topological polar surface area (TPSA) is 34.1 Å². The first-order valence-corrected chi connectivity index (χ1v) is 8.04. The van der Waals surface area contributed by atoms with Crippen LogP contribution in [0.5, 0.6) is 5.75 Å². The van der Waals surface area contributed by atoms with E-state index in [1.54, 1.807) is 17.8 Å². The standard InChI is InChI=1S/C17H17FN2OS/c1-19-8-6-16(17-14(18)7-10-22-17)21-15-4-2-3-12-5-9-20-11-13(12)15/h2-5,7,9-11,16,19H,6,8H2,1H3/t16-/m1/s1. The first-order valence-electron chi connectivity index (χ1n) is 7.16. The number of nitrogens with zero attached hydrogens (tertiary/aromatic N) is 1. The van der Waals surface area contributed by atoms with Crippen LogP contribution in [0.15, 0.2) is 48.1 Å². The van der Waals surface area contributed by atoms with Crippen molar-refractivity contribution in [3.05, 3.63) is 58.8 Å². The van der Waals surface area contributed by atoms with Gasteiger partial charge in [-0.2, -0.15) is 0 Å². The molecule has 0 saturated carbocycles. The van der Waals surface area contributed by atoms with Crippen LogP contribution in [0.1, 0.15) is 17.4 Å². The number of ether oxygens (including phenoxy) is 1. The SMILES string of the molecule is CNCC[C@@H](Oc1cccc2ccncc12)c1sccc1F. The molecule has 0 unspecified atom stereocenters. The van der Waals surface area contributed by atoms with Crippen LogP contribution in [0.4, 0.5) is 4.39 Å². The van der Waals surface area contributed by atoms with Gasteiger partial charge in [0.2, 0.25) is 0 Å². The molecule has 3 aromatic rings. The van der Waals surface area contributed by atoms with E-state index in [9.17, 15) is 4.39 Å². The fourth-order valence-corrected chi connectivity index (χ4v) is 3.23. The van der Waals surface area contributed by atoms with Crippen molar-refractivity contribution in [1.29, 1.82) is 0 Å². The van der Waals surface area contributed by atoms with Crippen molar-refractivity contribution in [3.8, 4) is 5.75 Å². The summed E-state index contributed by atoms with van der Waals surface area (Å²) >= 11 is 1.39. The van der Waals surface area contributed by atoms with Gasteiger partial charge >= 0.3 is 0 Å². The number of fused-ring (bicyclic) bond motifs is 1. The largest absolute Gasteiger partial charge is 0.484 e. The first kappa shape index (κ1) is 14.9. The predicted octanol–water partition coefficient (Wildman–Crippen LogP) is 4.17. The van der Waals surface area contributed by atoms with Crippen molar-refractivity contribution in [2.24, 2.45) is 0 Å². The third kappa shape index (κ3) is 3.10. The van der Waals surface area contributed by atoms with E-state index in [1.807, 2.05) is 31.3 Å². The van der Waals surface area contributed by atoms with Gasteiger partial charge < -0.3 is 10.1 Å². The summed E-state index contributed by atoms with van der Waals surface area (Å²) in [5, 5.41) is 6.85. The molecule has 0 spiro atoms. The van der Waals surface area contributed by atoms with Gasteiger partial charge in [-0.3, -0.25) is 4.98 Å². The molecule has 0 aliphatic rings. The maximum Gasteiger partial charge on any atom is 0.140 e. The highest BCUT2D eigenvalue weighted by Crippen LogP contribution is 2.33. The van der Waals surface area contributed by atoms with Crippen molar-refractivity contribution >= 4 is 22.1 Å². The number of hydrogen-bond donors (Lipinski definition) is 1. The normalized spacial score (nSPS) is 12.5. The minimum absolute atomic E-state index is 0.204. The van der Waals surface area contributed by atoms with Crippen LogP contribution >= 0.6 is 11.3 Å². The van der Waals surface area contributed by atoms with Crippen molar-refractivity contribution < 1.29 is 9.13 Å². The molecule has 0 saturated heterocycles. The number of hydrogen-bond acceptors (Lipinski definition) is 4. The van der Waals surface area contributed by atoms with Gasteiger partial charge in [-0.25, -0.2) is 4.39 Å².